The lowest BCUT2D eigenvalue weighted by Gasteiger charge is -2.20. The molecule has 29 heavy (non-hydrogen) atoms. The molecule has 0 aromatic heterocycles. The summed E-state index contributed by atoms with van der Waals surface area (Å²) in [5.41, 5.74) is 0. The monoisotopic (exact) mass is 414 g/mol. The first kappa shape index (κ1) is 26.6. The first-order valence-electron chi connectivity index (χ1n) is 12.1. The maximum absolute atomic E-state index is 10.1. The Hall–Kier alpha value is -0.460. The molecule has 172 valence electrons. The predicted octanol–water partition coefficient (Wildman–Crippen LogP) is 4.52. The molecule has 0 spiro atoms. The van der Waals surface area contributed by atoms with Crippen molar-refractivity contribution in [3.8, 4) is 0 Å². The highest BCUT2D eigenvalue weighted by Gasteiger charge is 2.40. The maximum atomic E-state index is 10.1. The average Bonchev–Trinajstić information content (AvgIpc) is 3.10. The molecule has 0 saturated carbocycles. The zero-order valence-electron chi connectivity index (χ0n) is 18.6. The zero-order valence-corrected chi connectivity index (χ0v) is 18.6. The molecule has 1 rings (SSSR count). The van der Waals surface area contributed by atoms with Crippen molar-refractivity contribution < 1.29 is 24.8 Å². The normalized spacial score (nSPS) is 23.2. The lowest BCUT2D eigenvalue weighted by Crippen LogP contribution is -2.41. The molecule has 4 atom stereocenters. The molecule has 1 aliphatic heterocycles. The molecule has 0 amide bonds. The minimum atomic E-state index is -1.06. The number of hydrogen-bond donors (Lipinski definition) is 3. The van der Waals surface area contributed by atoms with Crippen LogP contribution in [-0.4, -0.2) is 59.6 Å². The van der Waals surface area contributed by atoms with E-state index in [0.717, 1.165) is 19.3 Å². The highest BCUT2D eigenvalue weighted by Crippen LogP contribution is 2.20. The Morgan fingerprint density at radius 1 is 0.897 bits per heavy atom. The Balaban J connectivity index is 1.84. The Labute approximate surface area is 178 Å². The maximum Gasteiger partial charge on any atom is 0.114 e. The number of aliphatic hydroxyl groups is 3. The van der Waals surface area contributed by atoms with Crippen molar-refractivity contribution in [1.82, 2.24) is 0 Å². The van der Waals surface area contributed by atoms with E-state index in [2.05, 4.69) is 19.1 Å². The molecule has 5 nitrogen and oxygen atoms in total. The summed E-state index contributed by atoms with van der Waals surface area (Å²) in [5, 5.41) is 28.6. The molecule has 1 aliphatic rings. The van der Waals surface area contributed by atoms with Gasteiger partial charge in [-0.2, -0.15) is 0 Å². The fourth-order valence-corrected chi connectivity index (χ4v) is 3.79. The smallest absolute Gasteiger partial charge is 0.114 e. The highest BCUT2D eigenvalue weighted by molar-refractivity contribution is 4.88. The van der Waals surface area contributed by atoms with E-state index >= 15 is 0 Å². The average molecular weight is 415 g/mol. The van der Waals surface area contributed by atoms with E-state index in [-0.39, 0.29) is 6.61 Å². The fourth-order valence-electron chi connectivity index (χ4n) is 3.79. The van der Waals surface area contributed by atoms with E-state index in [1.54, 1.807) is 0 Å². The van der Waals surface area contributed by atoms with Gasteiger partial charge < -0.3 is 24.8 Å². The summed E-state index contributed by atoms with van der Waals surface area (Å²) < 4.78 is 11.0. The van der Waals surface area contributed by atoms with Crippen LogP contribution in [0.3, 0.4) is 0 Å². The van der Waals surface area contributed by atoms with Crippen molar-refractivity contribution in [2.24, 2.45) is 0 Å². The van der Waals surface area contributed by atoms with Crippen LogP contribution in [-0.2, 0) is 9.47 Å². The van der Waals surface area contributed by atoms with Crippen LogP contribution >= 0.6 is 0 Å². The van der Waals surface area contributed by atoms with Crippen molar-refractivity contribution in [3.63, 3.8) is 0 Å². The third-order valence-corrected chi connectivity index (χ3v) is 5.72. The highest BCUT2D eigenvalue weighted by atomic mass is 16.6. The SMILES string of the molecule is CCCCCCCCCCCC/C=C/CCCCO[C@@H]1CO[C@H]([C@@H](O)CO)[C@@H]1O. The van der Waals surface area contributed by atoms with Crippen LogP contribution in [0, 0.1) is 0 Å². The number of aliphatic hydroxyl groups excluding tert-OH is 3. The number of ether oxygens (including phenoxy) is 2. The second-order valence-corrected chi connectivity index (χ2v) is 8.39. The van der Waals surface area contributed by atoms with Gasteiger partial charge in [-0.3, -0.25) is 0 Å². The molecule has 0 aromatic carbocycles. The van der Waals surface area contributed by atoms with Gasteiger partial charge in [-0.1, -0.05) is 76.9 Å². The molecule has 5 heteroatoms. The molecule has 1 fully saturated rings. The van der Waals surface area contributed by atoms with E-state index in [1.807, 2.05) is 0 Å². The minimum Gasteiger partial charge on any atom is -0.394 e. The third-order valence-electron chi connectivity index (χ3n) is 5.72. The third kappa shape index (κ3) is 12.7. The largest absolute Gasteiger partial charge is 0.394 e. The molecule has 3 N–H and O–H groups in total. The number of rotatable bonds is 19. The van der Waals surface area contributed by atoms with Crippen LogP contribution in [0.25, 0.3) is 0 Å². The van der Waals surface area contributed by atoms with Crippen LogP contribution in [0.2, 0.25) is 0 Å². The second-order valence-electron chi connectivity index (χ2n) is 8.39. The van der Waals surface area contributed by atoms with Crippen molar-refractivity contribution >= 4 is 0 Å². The van der Waals surface area contributed by atoms with Gasteiger partial charge in [0.25, 0.3) is 0 Å². The summed E-state index contributed by atoms with van der Waals surface area (Å²) in [5.74, 6) is 0. The van der Waals surface area contributed by atoms with E-state index in [9.17, 15) is 10.2 Å². The van der Waals surface area contributed by atoms with Gasteiger partial charge in [0.2, 0.25) is 0 Å². The van der Waals surface area contributed by atoms with E-state index in [4.69, 9.17) is 14.6 Å². The van der Waals surface area contributed by atoms with Gasteiger partial charge in [0.1, 0.15) is 24.4 Å². The van der Waals surface area contributed by atoms with Crippen LogP contribution in [0.15, 0.2) is 12.2 Å². The molecule has 0 radical (unpaired) electrons. The van der Waals surface area contributed by atoms with Crippen molar-refractivity contribution in [1.29, 1.82) is 0 Å². The second kappa shape index (κ2) is 18.3. The summed E-state index contributed by atoms with van der Waals surface area (Å²) in [6, 6.07) is 0. The quantitative estimate of drug-likeness (QED) is 0.214. The molecule has 0 aliphatic carbocycles. The van der Waals surface area contributed by atoms with Crippen LogP contribution < -0.4 is 0 Å². The predicted molar refractivity (Wildman–Crippen MR) is 118 cm³/mol. The van der Waals surface area contributed by atoms with Gasteiger partial charge >= 0.3 is 0 Å². The first-order valence-corrected chi connectivity index (χ1v) is 12.1. The summed E-state index contributed by atoms with van der Waals surface area (Å²) >= 11 is 0. The van der Waals surface area contributed by atoms with E-state index in [0.29, 0.717) is 6.61 Å². The van der Waals surface area contributed by atoms with Gasteiger partial charge in [-0.05, 0) is 32.1 Å². The molecular weight excluding hydrogens is 368 g/mol. The van der Waals surface area contributed by atoms with Gasteiger partial charge in [0.05, 0.1) is 13.2 Å². The van der Waals surface area contributed by atoms with Gasteiger partial charge in [0, 0.05) is 6.61 Å². The molecule has 0 bridgehead atoms. The van der Waals surface area contributed by atoms with Gasteiger partial charge in [-0.25, -0.2) is 0 Å². The van der Waals surface area contributed by atoms with E-state index < -0.39 is 31.0 Å². The standard InChI is InChI=1S/C24H46O5/c1-2-3-4-5-6-7-8-9-10-11-12-13-14-15-16-17-18-28-22-20-29-24(23(22)27)21(26)19-25/h13-14,21-27H,2-12,15-20H2,1H3/b14-13+/t21-,22+,23+,24+/m0/s1. The summed E-state index contributed by atoms with van der Waals surface area (Å²) in [7, 11) is 0. The van der Waals surface area contributed by atoms with Crippen LogP contribution in [0.5, 0.6) is 0 Å². The summed E-state index contributed by atoms with van der Waals surface area (Å²) in [6.45, 7) is 2.70. The number of unbranched alkanes of at least 4 members (excludes halogenated alkanes) is 12. The molecule has 0 aromatic rings. The lowest BCUT2D eigenvalue weighted by atomic mass is 10.1. The van der Waals surface area contributed by atoms with Crippen molar-refractivity contribution in [2.45, 2.75) is 121 Å². The van der Waals surface area contributed by atoms with Crippen molar-refractivity contribution in [3.05, 3.63) is 12.2 Å². The summed E-state index contributed by atoms with van der Waals surface area (Å²) in [6.07, 6.45) is 19.6. The first-order chi connectivity index (χ1) is 14.2. The fraction of sp³-hybridized carbons (Fsp3) is 0.917. The molecule has 1 heterocycles. The topological polar surface area (TPSA) is 79.2 Å². The van der Waals surface area contributed by atoms with Crippen molar-refractivity contribution in [2.75, 3.05) is 19.8 Å². The van der Waals surface area contributed by atoms with E-state index in [1.165, 1.54) is 70.6 Å². The number of allylic oxidation sites excluding steroid dienone is 2. The zero-order chi connectivity index (χ0) is 21.2. The summed E-state index contributed by atoms with van der Waals surface area (Å²) in [4.78, 5) is 0. The van der Waals surface area contributed by atoms with Crippen LogP contribution in [0.4, 0.5) is 0 Å². The minimum absolute atomic E-state index is 0.266. The van der Waals surface area contributed by atoms with Gasteiger partial charge in [0.15, 0.2) is 0 Å². The number of hydrogen-bond acceptors (Lipinski definition) is 5. The Bertz CT molecular complexity index is 387. The Morgan fingerprint density at radius 2 is 1.45 bits per heavy atom. The Kier molecular flexibility index (Phi) is 16.8. The Morgan fingerprint density at radius 3 is 2.03 bits per heavy atom. The lowest BCUT2D eigenvalue weighted by molar-refractivity contribution is -0.0730. The molecule has 0 unspecified atom stereocenters. The van der Waals surface area contributed by atoms with Gasteiger partial charge in [-0.15, -0.1) is 0 Å². The molecular formula is C24H46O5. The van der Waals surface area contributed by atoms with Crippen LogP contribution in [0.1, 0.15) is 96.8 Å². The molecule has 1 saturated heterocycles.